The maximum Gasteiger partial charge on any atom is 0.416 e. The zero-order chi connectivity index (χ0) is 16.3. The number of nitrogens with one attached hydrogen (secondary N) is 2. The van der Waals surface area contributed by atoms with Gasteiger partial charge in [-0.25, -0.2) is 0 Å². The Bertz CT molecular complexity index is 640. The second kappa shape index (κ2) is 6.21. The highest BCUT2D eigenvalue weighted by Crippen LogP contribution is 2.29. The van der Waals surface area contributed by atoms with E-state index in [9.17, 15) is 18.0 Å². The molecule has 2 rings (SSSR count). The van der Waals surface area contributed by atoms with Crippen LogP contribution in [-0.2, 0) is 12.6 Å². The fourth-order valence-corrected chi connectivity index (χ4v) is 2.15. The molecule has 1 amide bonds. The second-order valence-electron chi connectivity index (χ2n) is 5.01. The Labute approximate surface area is 125 Å². The Morgan fingerprint density at radius 2 is 1.86 bits per heavy atom. The monoisotopic (exact) mass is 311 g/mol. The molecule has 0 radical (unpaired) electrons. The molecule has 0 bridgehead atoms. The standard InChI is InChI=1S/C15H16F3N3O/c1-9-13(10(2)21-20-9)14(22)19-8-7-11-3-5-12(6-4-11)15(16,17)18/h3-6H,7-8H2,1-2H3,(H,19,22)(H,20,21). The van der Waals surface area contributed by atoms with E-state index < -0.39 is 11.7 Å². The van der Waals surface area contributed by atoms with Crippen molar-refractivity contribution in [1.29, 1.82) is 0 Å². The summed E-state index contributed by atoms with van der Waals surface area (Å²) in [7, 11) is 0. The van der Waals surface area contributed by atoms with Crippen LogP contribution in [0.4, 0.5) is 13.2 Å². The number of H-pyrrole nitrogens is 1. The molecule has 1 aromatic carbocycles. The first kappa shape index (κ1) is 16.1. The van der Waals surface area contributed by atoms with E-state index in [1.54, 1.807) is 13.8 Å². The summed E-state index contributed by atoms with van der Waals surface area (Å²) >= 11 is 0. The van der Waals surface area contributed by atoms with Crippen LogP contribution in [0.5, 0.6) is 0 Å². The number of hydrogen-bond acceptors (Lipinski definition) is 2. The van der Waals surface area contributed by atoms with Crippen LogP contribution in [0.1, 0.15) is 32.9 Å². The van der Waals surface area contributed by atoms with E-state index >= 15 is 0 Å². The average molecular weight is 311 g/mol. The van der Waals surface area contributed by atoms with Crippen molar-refractivity contribution < 1.29 is 18.0 Å². The van der Waals surface area contributed by atoms with Crippen LogP contribution in [0.3, 0.4) is 0 Å². The van der Waals surface area contributed by atoms with Gasteiger partial charge in [0.2, 0.25) is 0 Å². The Morgan fingerprint density at radius 3 is 2.36 bits per heavy atom. The molecule has 2 N–H and O–H groups in total. The van der Waals surface area contributed by atoms with Gasteiger partial charge in [0.05, 0.1) is 16.8 Å². The minimum absolute atomic E-state index is 0.240. The Kier molecular flexibility index (Phi) is 4.54. The van der Waals surface area contributed by atoms with Gasteiger partial charge in [0.1, 0.15) is 0 Å². The molecule has 0 spiro atoms. The molecule has 7 heteroatoms. The quantitative estimate of drug-likeness (QED) is 0.912. The molecule has 0 saturated carbocycles. The number of rotatable bonds is 4. The van der Waals surface area contributed by atoms with Gasteiger partial charge in [-0.2, -0.15) is 18.3 Å². The SMILES string of the molecule is Cc1n[nH]c(C)c1C(=O)NCCc1ccc(C(F)(F)F)cc1. The molecule has 22 heavy (non-hydrogen) atoms. The van der Waals surface area contributed by atoms with E-state index in [4.69, 9.17) is 0 Å². The summed E-state index contributed by atoms with van der Waals surface area (Å²) in [6.07, 6.45) is -3.87. The molecule has 1 aromatic heterocycles. The number of alkyl halides is 3. The highest BCUT2D eigenvalue weighted by Gasteiger charge is 2.29. The zero-order valence-corrected chi connectivity index (χ0v) is 12.2. The van der Waals surface area contributed by atoms with Crippen molar-refractivity contribution in [2.75, 3.05) is 6.54 Å². The molecular weight excluding hydrogens is 295 g/mol. The zero-order valence-electron chi connectivity index (χ0n) is 12.2. The number of halogens is 3. The fourth-order valence-electron chi connectivity index (χ4n) is 2.15. The number of amides is 1. The summed E-state index contributed by atoms with van der Waals surface area (Å²) < 4.78 is 37.3. The summed E-state index contributed by atoms with van der Waals surface area (Å²) in [4.78, 5) is 12.0. The van der Waals surface area contributed by atoms with E-state index in [1.165, 1.54) is 12.1 Å². The summed E-state index contributed by atoms with van der Waals surface area (Å²) in [6.45, 7) is 3.83. The second-order valence-corrected chi connectivity index (χ2v) is 5.01. The molecule has 4 nitrogen and oxygen atoms in total. The third-order valence-electron chi connectivity index (χ3n) is 3.34. The van der Waals surface area contributed by atoms with Crippen LogP contribution in [0, 0.1) is 13.8 Å². The summed E-state index contributed by atoms with van der Waals surface area (Å²) in [5.74, 6) is -0.240. The molecular formula is C15H16F3N3O. The van der Waals surface area contributed by atoms with Crippen molar-refractivity contribution in [3.63, 3.8) is 0 Å². The molecule has 0 saturated heterocycles. The number of nitrogens with zero attached hydrogens (tertiary/aromatic N) is 1. The highest BCUT2D eigenvalue weighted by molar-refractivity contribution is 5.96. The van der Waals surface area contributed by atoms with E-state index in [1.807, 2.05) is 0 Å². The van der Waals surface area contributed by atoms with Crippen LogP contribution in [0.25, 0.3) is 0 Å². The van der Waals surface area contributed by atoms with Gasteiger partial charge in [-0.3, -0.25) is 9.89 Å². The van der Waals surface area contributed by atoms with Gasteiger partial charge in [-0.1, -0.05) is 12.1 Å². The predicted molar refractivity (Wildman–Crippen MR) is 75.5 cm³/mol. The minimum atomic E-state index is -4.33. The lowest BCUT2D eigenvalue weighted by Crippen LogP contribution is -2.26. The number of aromatic nitrogens is 2. The average Bonchev–Trinajstić information content (AvgIpc) is 2.77. The van der Waals surface area contributed by atoms with E-state index in [-0.39, 0.29) is 5.91 Å². The molecule has 1 heterocycles. The number of aryl methyl sites for hydroxylation is 2. The maximum atomic E-state index is 12.4. The number of carbonyl (C=O) groups is 1. The molecule has 0 fully saturated rings. The number of hydrogen-bond donors (Lipinski definition) is 2. The molecule has 2 aromatic rings. The van der Waals surface area contributed by atoms with Crippen molar-refractivity contribution in [3.8, 4) is 0 Å². The van der Waals surface area contributed by atoms with Crippen molar-refractivity contribution in [1.82, 2.24) is 15.5 Å². The maximum absolute atomic E-state index is 12.4. The van der Waals surface area contributed by atoms with Crippen LogP contribution in [0.15, 0.2) is 24.3 Å². The normalized spacial score (nSPS) is 11.5. The van der Waals surface area contributed by atoms with E-state index in [0.29, 0.717) is 29.9 Å². The van der Waals surface area contributed by atoms with Crippen molar-refractivity contribution in [3.05, 3.63) is 52.3 Å². The fraction of sp³-hybridized carbons (Fsp3) is 0.333. The summed E-state index contributed by atoms with van der Waals surface area (Å²) in [5, 5.41) is 9.41. The molecule has 0 aliphatic rings. The van der Waals surface area contributed by atoms with Gasteiger partial charge in [0, 0.05) is 12.2 Å². The van der Waals surface area contributed by atoms with Gasteiger partial charge >= 0.3 is 6.18 Å². The number of carbonyl (C=O) groups excluding carboxylic acids is 1. The first-order chi connectivity index (χ1) is 10.3. The van der Waals surface area contributed by atoms with Gasteiger partial charge in [-0.15, -0.1) is 0 Å². The Hall–Kier alpha value is -2.31. The largest absolute Gasteiger partial charge is 0.416 e. The van der Waals surface area contributed by atoms with Gasteiger partial charge in [-0.05, 0) is 38.0 Å². The van der Waals surface area contributed by atoms with Crippen LogP contribution in [0.2, 0.25) is 0 Å². The Balaban J connectivity index is 1.90. The first-order valence-electron chi connectivity index (χ1n) is 6.75. The lowest BCUT2D eigenvalue weighted by molar-refractivity contribution is -0.137. The van der Waals surface area contributed by atoms with Crippen LogP contribution in [-0.4, -0.2) is 22.6 Å². The predicted octanol–water partition coefficient (Wildman–Crippen LogP) is 3.02. The van der Waals surface area contributed by atoms with E-state index in [2.05, 4.69) is 15.5 Å². The first-order valence-corrected chi connectivity index (χ1v) is 6.75. The summed E-state index contributed by atoms with van der Waals surface area (Å²) in [5.41, 5.74) is 1.86. The van der Waals surface area contributed by atoms with Crippen molar-refractivity contribution >= 4 is 5.91 Å². The van der Waals surface area contributed by atoms with Crippen molar-refractivity contribution in [2.24, 2.45) is 0 Å². The molecule has 0 aliphatic heterocycles. The molecule has 0 aliphatic carbocycles. The van der Waals surface area contributed by atoms with Gasteiger partial charge in [0.15, 0.2) is 0 Å². The molecule has 118 valence electrons. The van der Waals surface area contributed by atoms with Crippen LogP contribution >= 0.6 is 0 Å². The number of benzene rings is 1. The van der Waals surface area contributed by atoms with Crippen LogP contribution < -0.4 is 5.32 Å². The third-order valence-corrected chi connectivity index (χ3v) is 3.34. The molecule has 0 unspecified atom stereocenters. The lowest BCUT2D eigenvalue weighted by Gasteiger charge is -2.08. The highest BCUT2D eigenvalue weighted by atomic mass is 19.4. The van der Waals surface area contributed by atoms with Crippen molar-refractivity contribution in [2.45, 2.75) is 26.4 Å². The lowest BCUT2D eigenvalue weighted by atomic mass is 10.1. The minimum Gasteiger partial charge on any atom is -0.352 e. The molecule has 0 atom stereocenters. The van der Waals surface area contributed by atoms with Gasteiger partial charge in [0.25, 0.3) is 5.91 Å². The van der Waals surface area contributed by atoms with Gasteiger partial charge < -0.3 is 5.32 Å². The Morgan fingerprint density at radius 1 is 1.23 bits per heavy atom. The third kappa shape index (κ3) is 3.66. The smallest absolute Gasteiger partial charge is 0.352 e. The summed E-state index contributed by atoms with van der Waals surface area (Å²) in [6, 6.07) is 4.93. The topological polar surface area (TPSA) is 57.8 Å². The number of aromatic amines is 1. The van der Waals surface area contributed by atoms with E-state index in [0.717, 1.165) is 17.7 Å².